The van der Waals surface area contributed by atoms with E-state index in [2.05, 4.69) is 10.4 Å². The van der Waals surface area contributed by atoms with Gasteiger partial charge in [-0.2, -0.15) is 5.10 Å². The summed E-state index contributed by atoms with van der Waals surface area (Å²) in [6.45, 7) is 2.73. The standard InChI is InChI=1S/C15H21N3O2/c1-11-13(9-17-18(11)2)8-16-15(10-19)12-5-4-6-14(7-12)20-3/h4-7,9,15-16,19H,8,10H2,1-3H3. The van der Waals surface area contributed by atoms with Crippen LogP contribution in [0, 0.1) is 6.92 Å². The number of hydrogen-bond acceptors (Lipinski definition) is 4. The number of ether oxygens (including phenoxy) is 1. The Kier molecular flexibility index (Phi) is 4.76. The zero-order chi connectivity index (χ0) is 14.5. The van der Waals surface area contributed by atoms with Crippen molar-refractivity contribution in [3.05, 3.63) is 47.3 Å². The van der Waals surface area contributed by atoms with Crippen LogP contribution in [-0.2, 0) is 13.6 Å². The van der Waals surface area contributed by atoms with Crippen LogP contribution in [0.25, 0.3) is 0 Å². The zero-order valence-corrected chi connectivity index (χ0v) is 12.1. The van der Waals surface area contributed by atoms with Crippen LogP contribution in [0.2, 0.25) is 0 Å². The van der Waals surface area contributed by atoms with Crippen LogP contribution in [0.5, 0.6) is 5.75 Å². The van der Waals surface area contributed by atoms with Crippen molar-refractivity contribution in [1.29, 1.82) is 0 Å². The molecule has 20 heavy (non-hydrogen) atoms. The maximum atomic E-state index is 9.57. The molecule has 5 nitrogen and oxygen atoms in total. The first-order chi connectivity index (χ1) is 9.65. The number of nitrogens with one attached hydrogen (secondary N) is 1. The Bertz CT molecular complexity index is 566. The van der Waals surface area contributed by atoms with Gasteiger partial charge >= 0.3 is 0 Å². The van der Waals surface area contributed by atoms with Gasteiger partial charge < -0.3 is 15.2 Å². The van der Waals surface area contributed by atoms with E-state index in [0.29, 0.717) is 6.54 Å². The van der Waals surface area contributed by atoms with Gasteiger partial charge in [-0.15, -0.1) is 0 Å². The second-order valence-corrected chi connectivity index (χ2v) is 4.77. The molecule has 0 bridgehead atoms. The summed E-state index contributed by atoms with van der Waals surface area (Å²) in [5.41, 5.74) is 3.27. The number of methoxy groups -OCH3 is 1. The van der Waals surface area contributed by atoms with E-state index in [1.54, 1.807) is 7.11 Å². The van der Waals surface area contributed by atoms with Crippen LogP contribution in [0.15, 0.2) is 30.5 Å². The van der Waals surface area contributed by atoms with Crippen molar-refractivity contribution in [3.8, 4) is 5.75 Å². The molecule has 0 aliphatic carbocycles. The fraction of sp³-hybridized carbons (Fsp3) is 0.400. The third-order valence-electron chi connectivity index (χ3n) is 3.55. The van der Waals surface area contributed by atoms with Crippen LogP contribution in [0.3, 0.4) is 0 Å². The van der Waals surface area contributed by atoms with E-state index in [9.17, 15) is 5.11 Å². The molecule has 1 unspecified atom stereocenters. The van der Waals surface area contributed by atoms with E-state index >= 15 is 0 Å². The molecule has 0 radical (unpaired) electrons. The van der Waals surface area contributed by atoms with Gasteiger partial charge in [-0.3, -0.25) is 4.68 Å². The van der Waals surface area contributed by atoms with Crippen LogP contribution in [-0.4, -0.2) is 28.6 Å². The van der Waals surface area contributed by atoms with Crippen molar-refractivity contribution >= 4 is 0 Å². The molecule has 1 heterocycles. The molecule has 5 heteroatoms. The summed E-state index contributed by atoms with van der Waals surface area (Å²) in [6.07, 6.45) is 1.85. The molecule has 0 spiro atoms. The second kappa shape index (κ2) is 6.54. The SMILES string of the molecule is COc1cccc(C(CO)NCc2cnn(C)c2C)c1. The molecule has 1 aromatic carbocycles. The van der Waals surface area contributed by atoms with Crippen molar-refractivity contribution in [1.82, 2.24) is 15.1 Å². The van der Waals surface area contributed by atoms with Crippen LogP contribution >= 0.6 is 0 Å². The number of nitrogens with zero attached hydrogens (tertiary/aromatic N) is 2. The zero-order valence-electron chi connectivity index (χ0n) is 12.1. The summed E-state index contributed by atoms with van der Waals surface area (Å²) in [6, 6.07) is 7.61. The van der Waals surface area contributed by atoms with E-state index in [0.717, 1.165) is 22.6 Å². The molecule has 1 atom stereocenters. The van der Waals surface area contributed by atoms with Gasteiger partial charge in [0.05, 0.1) is 26.0 Å². The van der Waals surface area contributed by atoms with Gasteiger partial charge in [0.15, 0.2) is 0 Å². The van der Waals surface area contributed by atoms with Crippen molar-refractivity contribution in [2.75, 3.05) is 13.7 Å². The van der Waals surface area contributed by atoms with Crippen LogP contribution < -0.4 is 10.1 Å². The molecule has 0 fully saturated rings. The van der Waals surface area contributed by atoms with Gasteiger partial charge in [0.2, 0.25) is 0 Å². The van der Waals surface area contributed by atoms with Crippen molar-refractivity contribution in [2.45, 2.75) is 19.5 Å². The number of hydrogen-bond donors (Lipinski definition) is 2. The highest BCUT2D eigenvalue weighted by atomic mass is 16.5. The first-order valence-corrected chi connectivity index (χ1v) is 6.61. The highest BCUT2D eigenvalue weighted by molar-refractivity contribution is 5.30. The Hall–Kier alpha value is -1.85. The molecule has 0 aliphatic heterocycles. The minimum Gasteiger partial charge on any atom is -0.497 e. The lowest BCUT2D eigenvalue weighted by Gasteiger charge is -2.17. The maximum absolute atomic E-state index is 9.57. The minimum absolute atomic E-state index is 0.0342. The fourth-order valence-electron chi connectivity index (χ4n) is 2.10. The monoisotopic (exact) mass is 275 g/mol. The Morgan fingerprint density at radius 1 is 1.45 bits per heavy atom. The Morgan fingerprint density at radius 2 is 2.25 bits per heavy atom. The van der Waals surface area contributed by atoms with E-state index in [1.165, 1.54) is 0 Å². The molecule has 2 N–H and O–H groups in total. The number of aryl methyl sites for hydroxylation is 1. The number of rotatable bonds is 6. The quantitative estimate of drug-likeness (QED) is 0.840. The molecular formula is C15H21N3O2. The lowest BCUT2D eigenvalue weighted by molar-refractivity contribution is 0.243. The first-order valence-electron chi connectivity index (χ1n) is 6.61. The van der Waals surface area contributed by atoms with Gasteiger partial charge in [0.1, 0.15) is 5.75 Å². The molecule has 2 aromatic rings. The third kappa shape index (κ3) is 3.18. The predicted molar refractivity (Wildman–Crippen MR) is 77.6 cm³/mol. The van der Waals surface area contributed by atoms with E-state index < -0.39 is 0 Å². The van der Waals surface area contributed by atoms with Gasteiger partial charge in [-0.25, -0.2) is 0 Å². The summed E-state index contributed by atoms with van der Waals surface area (Å²) < 4.78 is 7.06. The largest absolute Gasteiger partial charge is 0.497 e. The molecule has 108 valence electrons. The minimum atomic E-state index is -0.121. The number of benzene rings is 1. The molecule has 0 amide bonds. The maximum Gasteiger partial charge on any atom is 0.119 e. The van der Waals surface area contributed by atoms with E-state index in [-0.39, 0.29) is 12.6 Å². The summed E-state index contributed by atoms with van der Waals surface area (Å²) in [7, 11) is 3.56. The average Bonchev–Trinajstić information content (AvgIpc) is 2.80. The number of aliphatic hydroxyl groups excluding tert-OH is 1. The van der Waals surface area contributed by atoms with Crippen molar-refractivity contribution in [3.63, 3.8) is 0 Å². The molecule has 2 rings (SSSR count). The van der Waals surface area contributed by atoms with Gasteiger partial charge in [0, 0.05) is 24.8 Å². The Labute approximate surface area is 119 Å². The van der Waals surface area contributed by atoms with Crippen LogP contribution in [0.4, 0.5) is 0 Å². The van der Waals surface area contributed by atoms with Crippen LogP contribution in [0.1, 0.15) is 22.9 Å². The van der Waals surface area contributed by atoms with Gasteiger partial charge in [-0.05, 0) is 24.6 Å². The van der Waals surface area contributed by atoms with E-state index in [1.807, 2.05) is 49.1 Å². The second-order valence-electron chi connectivity index (χ2n) is 4.77. The number of aromatic nitrogens is 2. The topological polar surface area (TPSA) is 59.3 Å². The molecule has 0 saturated carbocycles. The van der Waals surface area contributed by atoms with E-state index in [4.69, 9.17) is 4.74 Å². The smallest absolute Gasteiger partial charge is 0.119 e. The molecule has 0 aliphatic rings. The summed E-state index contributed by atoms with van der Waals surface area (Å²) in [5, 5.41) is 17.1. The molecular weight excluding hydrogens is 254 g/mol. The summed E-state index contributed by atoms with van der Waals surface area (Å²) in [5.74, 6) is 0.792. The third-order valence-corrected chi connectivity index (χ3v) is 3.55. The fourth-order valence-corrected chi connectivity index (χ4v) is 2.10. The number of aliphatic hydroxyl groups is 1. The first kappa shape index (κ1) is 14.6. The highest BCUT2D eigenvalue weighted by Crippen LogP contribution is 2.19. The predicted octanol–water partition coefficient (Wildman–Crippen LogP) is 1.56. The Morgan fingerprint density at radius 3 is 2.85 bits per heavy atom. The summed E-state index contributed by atoms with van der Waals surface area (Å²) >= 11 is 0. The lowest BCUT2D eigenvalue weighted by atomic mass is 10.1. The highest BCUT2D eigenvalue weighted by Gasteiger charge is 2.12. The normalized spacial score (nSPS) is 12.4. The van der Waals surface area contributed by atoms with Gasteiger partial charge in [-0.1, -0.05) is 12.1 Å². The molecule has 0 saturated heterocycles. The van der Waals surface area contributed by atoms with Crippen molar-refractivity contribution in [2.24, 2.45) is 7.05 Å². The Balaban J connectivity index is 2.07. The van der Waals surface area contributed by atoms with Crippen molar-refractivity contribution < 1.29 is 9.84 Å². The van der Waals surface area contributed by atoms with Gasteiger partial charge in [0.25, 0.3) is 0 Å². The molecule has 1 aromatic heterocycles. The summed E-state index contributed by atoms with van der Waals surface area (Å²) in [4.78, 5) is 0. The average molecular weight is 275 g/mol. The lowest BCUT2D eigenvalue weighted by Crippen LogP contribution is -2.24.